The predicted octanol–water partition coefficient (Wildman–Crippen LogP) is 2.28. The zero-order chi connectivity index (χ0) is 10.7. The smallest absolute Gasteiger partial charge is 0.188 e. The van der Waals surface area contributed by atoms with Crippen molar-refractivity contribution in [1.29, 1.82) is 0 Å². The van der Waals surface area contributed by atoms with Crippen LogP contribution in [0.25, 0.3) is 0 Å². The molecule has 1 aliphatic carbocycles. The molecule has 0 spiro atoms. The van der Waals surface area contributed by atoms with E-state index in [2.05, 4.69) is 37.9 Å². The Morgan fingerprint density at radius 3 is 2.07 bits per heavy atom. The minimum Gasteiger partial charge on any atom is -0.380 e. The van der Waals surface area contributed by atoms with Crippen molar-refractivity contribution in [3.8, 4) is 0 Å². The summed E-state index contributed by atoms with van der Waals surface area (Å²) in [5, 5.41) is 6.38. The molecular formula is C10H16FN3. The summed E-state index contributed by atoms with van der Waals surface area (Å²) in [5.41, 5.74) is 6.13. The molecule has 0 unspecified atom stereocenters. The largest absolute Gasteiger partial charge is 0.380 e. The number of anilines is 1. The second kappa shape index (κ2) is 2.30. The molecule has 4 heteroatoms. The number of nitrogens with zero attached hydrogens (tertiary/aromatic N) is 1. The molecule has 0 atom stereocenters. The Kier molecular flexibility index (Phi) is 1.56. The molecular weight excluding hydrogens is 181 g/mol. The Hall–Kier alpha value is -1.06. The molecule has 0 bridgehead atoms. The first kappa shape index (κ1) is 9.49. The Morgan fingerprint density at radius 2 is 1.79 bits per heavy atom. The molecule has 3 nitrogen and oxygen atoms in total. The second-order valence-corrected chi connectivity index (χ2v) is 5.21. The normalized spacial score (nSPS) is 23.8. The number of aromatic amines is 1. The number of H-pyrrole nitrogens is 1. The lowest BCUT2D eigenvalue weighted by atomic mass is 10.0. The highest BCUT2D eigenvalue weighted by molar-refractivity contribution is 5.39. The van der Waals surface area contributed by atoms with Crippen LogP contribution in [0.15, 0.2) is 0 Å². The Labute approximate surface area is 82.9 Å². The summed E-state index contributed by atoms with van der Waals surface area (Å²) < 4.78 is 13.5. The molecule has 3 N–H and O–H groups in total. The molecule has 0 amide bonds. The van der Waals surface area contributed by atoms with Crippen LogP contribution in [0.5, 0.6) is 0 Å². The van der Waals surface area contributed by atoms with Gasteiger partial charge >= 0.3 is 0 Å². The first-order valence-electron chi connectivity index (χ1n) is 4.79. The Bertz CT molecular complexity index is 365. The molecule has 14 heavy (non-hydrogen) atoms. The van der Waals surface area contributed by atoms with E-state index >= 15 is 0 Å². The number of nitrogens with one attached hydrogen (secondary N) is 1. The number of aromatic nitrogens is 2. The zero-order valence-corrected chi connectivity index (χ0v) is 8.98. The quantitative estimate of drug-likeness (QED) is 0.725. The number of nitrogens with two attached hydrogens (primary N) is 1. The molecule has 0 aliphatic heterocycles. The van der Waals surface area contributed by atoms with Gasteiger partial charge in [-0.2, -0.15) is 5.10 Å². The molecule has 1 fully saturated rings. The van der Waals surface area contributed by atoms with Crippen LogP contribution in [0.1, 0.15) is 39.3 Å². The van der Waals surface area contributed by atoms with E-state index in [4.69, 9.17) is 5.73 Å². The topological polar surface area (TPSA) is 54.7 Å². The highest BCUT2D eigenvalue weighted by Crippen LogP contribution is 2.73. The Balaban J connectivity index is 2.41. The summed E-state index contributed by atoms with van der Waals surface area (Å²) in [5.74, 6) is -0.230. The van der Waals surface area contributed by atoms with Crippen molar-refractivity contribution in [3.05, 3.63) is 11.5 Å². The maximum atomic E-state index is 13.5. The van der Waals surface area contributed by atoms with Crippen LogP contribution in [0.3, 0.4) is 0 Å². The van der Waals surface area contributed by atoms with Crippen molar-refractivity contribution in [1.82, 2.24) is 10.2 Å². The molecule has 1 heterocycles. The highest BCUT2D eigenvalue weighted by atomic mass is 19.1. The molecule has 0 radical (unpaired) electrons. The van der Waals surface area contributed by atoms with E-state index in [0.717, 1.165) is 0 Å². The lowest BCUT2D eigenvalue weighted by Gasteiger charge is -2.03. The SMILES string of the molecule is CC1(C)C(c2[nH]nc(N)c2F)C1(C)C. The standard InChI is InChI=1S/C10H16FN3/c1-9(2)7(10(9,3)4)6-5(11)8(12)14-13-6/h7H,1-4H3,(H3,12,13,14). The van der Waals surface area contributed by atoms with Crippen molar-refractivity contribution in [2.45, 2.75) is 33.6 Å². The Morgan fingerprint density at radius 1 is 1.29 bits per heavy atom. The maximum absolute atomic E-state index is 13.5. The first-order valence-corrected chi connectivity index (χ1v) is 4.79. The lowest BCUT2D eigenvalue weighted by molar-refractivity contribution is 0.457. The van der Waals surface area contributed by atoms with Gasteiger partial charge in [-0.15, -0.1) is 0 Å². The minimum atomic E-state index is -0.381. The molecule has 1 aliphatic rings. The fourth-order valence-electron chi connectivity index (χ4n) is 2.47. The van der Waals surface area contributed by atoms with Gasteiger partial charge in [0.05, 0.1) is 5.69 Å². The van der Waals surface area contributed by atoms with Crippen molar-refractivity contribution >= 4 is 5.82 Å². The maximum Gasteiger partial charge on any atom is 0.188 e. The summed E-state index contributed by atoms with van der Waals surface area (Å²) >= 11 is 0. The second-order valence-electron chi connectivity index (χ2n) is 5.21. The predicted molar refractivity (Wildman–Crippen MR) is 53.3 cm³/mol. The third-order valence-electron chi connectivity index (χ3n) is 4.07. The van der Waals surface area contributed by atoms with E-state index in [1.54, 1.807) is 0 Å². The van der Waals surface area contributed by atoms with Gasteiger partial charge < -0.3 is 5.73 Å². The number of hydrogen-bond donors (Lipinski definition) is 2. The van der Waals surface area contributed by atoms with Crippen LogP contribution in [0.2, 0.25) is 0 Å². The number of halogens is 1. The van der Waals surface area contributed by atoms with Crippen LogP contribution in [0, 0.1) is 16.6 Å². The van der Waals surface area contributed by atoms with Gasteiger partial charge in [0.2, 0.25) is 0 Å². The van der Waals surface area contributed by atoms with Crippen molar-refractivity contribution in [2.24, 2.45) is 10.8 Å². The van der Waals surface area contributed by atoms with Crippen molar-refractivity contribution < 1.29 is 4.39 Å². The van der Waals surface area contributed by atoms with Crippen LogP contribution in [0.4, 0.5) is 10.2 Å². The molecule has 0 aromatic carbocycles. The van der Waals surface area contributed by atoms with Gasteiger partial charge in [0, 0.05) is 5.92 Å². The van der Waals surface area contributed by atoms with Crippen LogP contribution in [-0.4, -0.2) is 10.2 Å². The fourth-order valence-corrected chi connectivity index (χ4v) is 2.47. The first-order chi connectivity index (χ1) is 6.30. The van der Waals surface area contributed by atoms with Crippen molar-refractivity contribution in [3.63, 3.8) is 0 Å². The van der Waals surface area contributed by atoms with Crippen LogP contribution < -0.4 is 5.73 Å². The van der Waals surface area contributed by atoms with E-state index in [1.807, 2.05) is 0 Å². The molecule has 2 rings (SSSR count). The van der Waals surface area contributed by atoms with E-state index in [9.17, 15) is 4.39 Å². The third kappa shape index (κ3) is 0.885. The van der Waals surface area contributed by atoms with E-state index in [-0.39, 0.29) is 28.4 Å². The lowest BCUT2D eigenvalue weighted by Crippen LogP contribution is -1.95. The van der Waals surface area contributed by atoms with E-state index < -0.39 is 0 Å². The third-order valence-corrected chi connectivity index (χ3v) is 4.07. The summed E-state index contributed by atoms with van der Waals surface area (Å²) in [4.78, 5) is 0. The summed E-state index contributed by atoms with van der Waals surface area (Å²) in [6, 6.07) is 0. The molecule has 1 aromatic heterocycles. The highest BCUT2D eigenvalue weighted by Gasteiger charge is 2.66. The molecule has 1 saturated carbocycles. The van der Waals surface area contributed by atoms with Gasteiger partial charge in [0.25, 0.3) is 0 Å². The average molecular weight is 197 g/mol. The fraction of sp³-hybridized carbons (Fsp3) is 0.700. The van der Waals surface area contributed by atoms with Crippen LogP contribution >= 0.6 is 0 Å². The van der Waals surface area contributed by atoms with Gasteiger partial charge in [-0.3, -0.25) is 5.10 Å². The van der Waals surface area contributed by atoms with Gasteiger partial charge in [-0.1, -0.05) is 27.7 Å². The number of hydrogen-bond acceptors (Lipinski definition) is 2. The van der Waals surface area contributed by atoms with E-state index in [1.165, 1.54) is 0 Å². The summed E-state index contributed by atoms with van der Waals surface area (Å²) in [7, 11) is 0. The van der Waals surface area contributed by atoms with Gasteiger partial charge in [0.15, 0.2) is 11.6 Å². The number of rotatable bonds is 1. The summed E-state index contributed by atoms with van der Waals surface area (Å²) in [6.07, 6.45) is 0. The molecule has 0 saturated heterocycles. The zero-order valence-electron chi connectivity index (χ0n) is 8.98. The van der Waals surface area contributed by atoms with Gasteiger partial charge in [0.1, 0.15) is 0 Å². The van der Waals surface area contributed by atoms with Crippen molar-refractivity contribution in [2.75, 3.05) is 5.73 Å². The number of nitrogen functional groups attached to an aromatic ring is 1. The average Bonchev–Trinajstić information content (AvgIpc) is 2.36. The summed E-state index contributed by atoms with van der Waals surface area (Å²) in [6.45, 7) is 8.53. The molecule has 1 aromatic rings. The van der Waals surface area contributed by atoms with Crippen LogP contribution in [-0.2, 0) is 0 Å². The van der Waals surface area contributed by atoms with E-state index in [0.29, 0.717) is 5.69 Å². The molecule has 78 valence electrons. The van der Waals surface area contributed by atoms with Gasteiger partial charge in [-0.25, -0.2) is 4.39 Å². The minimum absolute atomic E-state index is 0.0292. The monoisotopic (exact) mass is 197 g/mol. The van der Waals surface area contributed by atoms with Gasteiger partial charge in [-0.05, 0) is 10.8 Å².